The van der Waals surface area contributed by atoms with Crippen molar-refractivity contribution in [3.63, 3.8) is 0 Å². The van der Waals surface area contributed by atoms with Gasteiger partial charge in [-0.05, 0) is 26.3 Å². The first-order valence-corrected chi connectivity index (χ1v) is 6.26. The van der Waals surface area contributed by atoms with E-state index < -0.39 is 0 Å². The van der Waals surface area contributed by atoms with Crippen LogP contribution in [0.2, 0.25) is 0 Å². The number of methoxy groups -OCH3 is 2. The van der Waals surface area contributed by atoms with Gasteiger partial charge >= 0.3 is 0 Å². The van der Waals surface area contributed by atoms with E-state index in [1.807, 2.05) is 6.92 Å². The Kier molecular flexibility index (Phi) is 6.47. The van der Waals surface area contributed by atoms with Crippen LogP contribution in [-0.4, -0.2) is 57.5 Å². The zero-order valence-electron chi connectivity index (χ0n) is 11.1. The summed E-state index contributed by atoms with van der Waals surface area (Å²) in [5.41, 5.74) is 0. The number of nitrogens with zero attached hydrogens (tertiary/aromatic N) is 1. The van der Waals surface area contributed by atoms with E-state index in [0.29, 0.717) is 6.54 Å². The molecule has 1 N–H and O–H groups in total. The molecule has 0 saturated carbocycles. The summed E-state index contributed by atoms with van der Waals surface area (Å²) in [6.07, 6.45) is 1.83. The molecule has 1 heterocycles. The van der Waals surface area contributed by atoms with Gasteiger partial charge in [-0.25, -0.2) is 0 Å². The van der Waals surface area contributed by atoms with E-state index in [9.17, 15) is 4.79 Å². The van der Waals surface area contributed by atoms with E-state index in [-0.39, 0.29) is 18.1 Å². The molecule has 5 nitrogen and oxygen atoms in total. The number of piperidine rings is 1. The maximum Gasteiger partial charge on any atom is 0.224 e. The molecule has 1 aliphatic heterocycles. The Balaban J connectivity index is 2.40. The highest BCUT2D eigenvalue weighted by Crippen LogP contribution is 2.17. The molecule has 0 spiro atoms. The predicted octanol–water partition coefficient (Wildman–Crippen LogP) is 0.453. The average molecular weight is 244 g/mol. The Morgan fingerprint density at radius 3 is 2.76 bits per heavy atom. The van der Waals surface area contributed by atoms with Crippen molar-refractivity contribution in [2.45, 2.75) is 26.1 Å². The van der Waals surface area contributed by atoms with E-state index >= 15 is 0 Å². The molecule has 0 radical (unpaired) electrons. The lowest BCUT2D eigenvalue weighted by Crippen LogP contribution is -2.45. The molecule has 1 amide bonds. The van der Waals surface area contributed by atoms with E-state index in [4.69, 9.17) is 9.47 Å². The molecule has 5 heteroatoms. The standard InChI is InChI=1S/C12H24N2O3/c1-4-13-12(15)10-6-5-7-14(8-10)9-11(16-2)17-3/h10-11H,4-9H2,1-3H3,(H,13,15)/t10-/m1/s1. The monoisotopic (exact) mass is 244 g/mol. The number of carbonyl (C=O) groups excluding carboxylic acids is 1. The van der Waals surface area contributed by atoms with Crippen molar-refractivity contribution in [2.75, 3.05) is 40.4 Å². The smallest absolute Gasteiger partial charge is 0.224 e. The molecule has 1 saturated heterocycles. The van der Waals surface area contributed by atoms with Gasteiger partial charge in [-0.1, -0.05) is 0 Å². The number of hydrogen-bond donors (Lipinski definition) is 1. The Labute approximate surface area is 103 Å². The van der Waals surface area contributed by atoms with Crippen LogP contribution >= 0.6 is 0 Å². The first-order valence-electron chi connectivity index (χ1n) is 6.26. The molecule has 0 aromatic heterocycles. The number of ether oxygens (including phenoxy) is 2. The molecular weight excluding hydrogens is 220 g/mol. The number of carbonyl (C=O) groups is 1. The van der Waals surface area contributed by atoms with Crippen LogP contribution in [0.1, 0.15) is 19.8 Å². The van der Waals surface area contributed by atoms with Gasteiger partial charge in [0.15, 0.2) is 6.29 Å². The molecule has 0 unspecified atom stereocenters. The Morgan fingerprint density at radius 1 is 1.47 bits per heavy atom. The quantitative estimate of drug-likeness (QED) is 0.689. The minimum atomic E-state index is -0.206. The summed E-state index contributed by atoms with van der Waals surface area (Å²) in [6.45, 7) is 5.19. The van der Waals surface area contributed by atoms with Crippen LogP contribution in [0.3, 0.4) is 0 Å². The summed E-state index contributed by atoms with van der Waals surface area (Å²) >= 11 is 0. The van der Waals surface area contributed by atoms with Gasteiger partial charge in [-0.3, -0.25) is 9.69 Å². The SMILES string of the molecule is CCNC(=O)[C@@H]1CCCN(CC(OC)OC)C1. The van der Waals surface area contributed by atoms with Crippen molar-refractivity contribution in [2.24, 2.45) is 5.92 Å². The second-order valence-electron chi connectivity index (χ2n) is 4.39. The van der Waals surface area contributed by atoms with Crippen molar-refractivity contribution in [3.8, 4) is 0 Å². The molecule has 1 rings (SSSR count). The molecular formula is C12H24N2O3. The van der Waals surface area contributed by atoms with Crippen LogP contribution in [-0.2, 0) is 14.3 Å². The lowest BCUT2D eigenvalue weighted by molar-refractivity contribution is -0.132. The van der Waals surface area contributed by atoms with Crippen LogP contribution < -0.4 is 5.32 Å². The third-order valence-electron chi connectivity index (χ3n) is 3.16. The number of hydrogen-bond acceptors (Lipinski definition) is 4. The van der Waals surface area contributed by atoms with Crippen molar-refractivity contribution in [1.82, 2.24) is 10.2 Å². The molecule has 1 aliphatic rings. The highest BCUT2D eigenvalue weighted by molar-refractivity contribution is 5.78. The summed E-state index contributed by atoms with van der Waals surface area (Å²) < 4.78 is 10.4. The van der Waals surface area contributed by atoms with Gasteiger partial charge in [0.2, 0.25) is 5.91 Å². The third-order valence-corrected chi connectivity index (χ3v) is 3.16. The lowest BCUT2D eigenvalue weighted by Gasteiger charge is -2.33. The van der Waals surface area contributed by atoms with Crippen LogP contribution in [0.15, 0.2) is 0 Å². The van der Waals surface area contributed by atoms with Crippen molar-refractivity contribution in [1.29, 1.82) is 0 Å². The fourth-order valence-corrected chi connectivity index (χ4v) is 2.21. The summed E-state index contributed by atoms with van der Waals surface area (Å²) in [5.74, 6) is 0.279. The van der Waals surface area contributed by atoms with E-state index in [1.165, 1.54) is 0 Å². The number of likely N-dealkylation sites (tertiary alicyclic amines) is 1. The van der Waals surface area contributed by atoms with Crippen LogP contribution in [0.5, 0.6) is 0 Å². The van der Waals surface area contributed by atoms with Crippen molar-refractivity contribution in [3.05, 3.63) is 0 Å². The highest BCUT2D eigenvalue weighted by atomic mass is 16.7. The number of nitrogens with one attached hydrogen (secondary N) is 1. The van der Waals surface area contributed by atoms with Crippen molar-refractivity contribution < 1.29 is 14.3 Å². The fraction of sp³-hybridized carbons (Fsp3) is 0.917. The molecule has 0 aromatic rings. The summed E-state index contributed by atoms with van der Waals surface area (Å²) in [6, 6.07) is 0. The first-order chi connectivity index (χ1) is 8.21. The molecule has 1 fully saturated rings. The molecule has 0 aliphatic carbocycles. The predicted molar refractivity (Wildman–Crippen MR) is 65.7 cm³/mol. The molecule has 0 bridgehead atoms. The van der Waals surface area contributed by atoms with Gasteiger partial charge < -0.3 is 14.8 Å². The van der Waals surface area contributed by atoms with E-state index in [0.717, 1.165) is 32.5 Å². The number of amides is 1. The topological polar surface area (TPSA) is 50.8 Å². The highest BCUT2D eigenvalue weighted by Gasteiger charge is 2.26. The largest absolute Gasteiger partial charge is 0.356 e. The minimum Gasteiger partial charge on any atom is -0.356 e. The van der Waals surface area contributed by atoms with Crippen molar-refractivity contribution >= 4 is 5.91 Å². The van der Waals surface area contributed by atoms with Gasteiger partial charge in [0.1, 0.15) is 0 Å². The Bertz CT molecular complexity index is 232. The Hall–Kier alpha value is -0.650. The second kappa shape index (κ2) is 7.63. The average Bonchev–Trinajstić information content (AvgIpc) is 2.36. The van der Waals surface area contributed by atoms with Gasteiger partial charge in [-0.2, -0.15) is 0 Å². The lowest BCUT2D eigenvalue weighted by atomic mass is 9.97. The van der Waals surface area contributed by atoms with Crippen LogP contribution in [0.25, 0.3) is 0 Å². The molecule has 1 atom stereocenters. The fourth-order valence-electron chi connectivity index (χ4n) is 2.21. The zero-order chi connectivity index (χ0) is 12.7. The molecule has 100 valence electrons. The summed E-state index contributed by atoms with van der Waals surface area (Å²) in [4.78, 5) is 14.0. The van der Waals surface area contributed by atoms with Gasteiger partial charge in [0, 0.05) is 33.9 Å². The maximum absolute atomic E-state index is 11.8. The van der Waals surface area contributed by atoms with E-state index in [1.54, 1.807) is 14.2 Å². The van der Waals surface area contributed by atoms with Gasteiger partial charge in [0.25, 0.3) is 0 Å². The Morgan fingerprint density at radius 2 is 2.18 bits per heavy atom. The maximum atomic E-state index is 11.8. The third kappa shape index (κ3) is 4.61. The summed E-state index contributed by atoms with van der Waals surface area (Å²) in [5, 5.41) is 2.89. The van der Waals surface area contributed by atoms with Gasteiger partial charge in [-0.15, -0.1) is 0 Å². The summed E-state index contributed by atoms with van der Waals surface area (Å²) in [7, 11) is 3.28. The normalized spacial score (nSPS) is 21.8. The van der Waals surface area contributed by atoms with E-state index in [2.05, 4.69) is 10.2 Å². The molecule has 17 heavy (non-hydrogen) atoms. The number of rotatable bonds is 6. The second-order valence-corrected chi connectivity index (χ2v) is 4.39. The first kappa shape index (κ1) is 14.4. The van der Waals surface area contributed by atoms with Crippen LogP contribution in [0.4, 0.5) is 0 Å². The van der Waals surface area contributed by atoms with Gasteiger partial charge in [0.05, 0.1) is 5.92 Å². The minimum absolute atomic E-state index is 0.109. The van der Waals surface area contributed by atoms with Crippen LogP contribution in [0, 0.1) is 5.92 Å². The molecule has 0 aromatic carbocycles. The zero-order valence-corrected chi connectivity index (χ0v) is 11.1.